The fourth-order valence-electron chi connectivity index (χ4n) is 1.93. The van der Waals surface area contributed by atoms with Crippen LogP contribution in [0.2, 0.25) is 10.0 Å². The zero-order valence-electron chi connectivity index (χ0n) is 15.2. The molecule has 0 spiro atoms. The van der Waals surface area contributed by atoms with Crippen molar-refractivity contribution in [2.24, 2.45) is 5.10 Å². The molecule has 0 unspecified atom stereocenters. The minimum absolute atomic E-state index is 0.0667. The van der Waals surface area contributed by atoms with Gasteiger partial charge in [0, 0.05) is 20.3 Å². The number of amides is 1. The third-order valence-corrected chi connectivity index (χ3v) is 3.80. The zero-order valence-corrected chi connectivity index (χ0v) is 16.7. The smallest absolute Gasteiger partial charge is 0.259 e. The largest absolute Gasteiger partial charge is 0.490 e. The van der Waals surface area contributed by atoms with E-state index in [0.29, 0.717) is 34.0 Å². The maximum atomic E-state index is 11.7. The van der Waals surface area contributed by atoms with Crippen LogP contribution >= 0.6 is 23.2 Å². The highest BCUT2D eigenvalue weighted by Gasteiger charge is 2.10. The molecule has 0 saturated carbocycles. The first kappa shape index (κ1) is 20.8. The van der Waals surface area contributed by atoms with Crippen LogP contribution in [0.15, 0.2) is 35.6 Å². The van der Waals surface area contributed by atoms with E-state index in [2.05, 4.69) is 15.5 Å². The summed E-state index contributed by atoms with van der Waals surface area (Å²) in [4.78, 5) is 17.2. The summed E-state index contributed by atoms with van der Waals surface area (Å²) in [6.45, 7) is 2.26. The average molecular weight is 411 g/mol. The molecule has 0 aliphatic rings. The molecule has 144 valence electrons. The Bertz CT molecular complexity index is 828. The van der Waals surface area contributed by atoms with Crippen LogP contribution in [-0.2, 0) is 4.79 Å². The van der Waals surface area contributed by atoms with Crippen molar-refractivity contribution < 1.29 is 14.3 Å². The number of hydrogen-bond donors (Lipinski definition) is 1. The number of aromatic nitrogens is 1. The predicted molar refractivity (Wildman–Crippen MR) is 107 cm³/mol. The van der Waals surface area contributed by atoms with Gasteiger partial charge in [0.05, 0.1) is 22.9 Å². The molecule has 2 aromatic rings. The fraction of sp³-hybridized carbons (Fsp3) is 0.278. The molecule has 0 aliphatic carbocycles. The van der Waals surface area contributed by atoms with Crippen LogP contribution in [0.3, 0.4) is 0 Å². The predicted octanol–water partition coefficient (Wildman–Crippen LogP) is 3.70. The number of nitrogens with zero attached hydrogens (tertiary/aromatic N) is 3. The number of hydrogen-bond acceptors (Lipinski definition) is 6. The van der Waals surface area contributed by atoms with Gasteiger partial charge in [0.25, 0.3) is 5.91 Å². The van der Waals surface area contributed by atoms with Crippen LogP contribution in [0, 0.1) is 0 Å². The molecule has 0 atom stereocenters. The van der Waals surface area contributed by atoms with Crippen LogP contribution in [0.4, 0.5) is 5.82 Å². The van der Waals surface area contributed by atoms with Crippen molar-refractivity contribution in [2.75, 3.05) is 32.7 Å². The first-order chi connectivity index (χ1) is 12.9. The van der Waals surface area contributed by atoms with Crippen molar-refractivity contribution in [3.63, 3.8) is 0 Å². The van der Waals surface area contributed by atoms with E-state index in [9.17, 15) is 4.79 Å². The van der Waals surface area contributed by atoms with Crippen molar-refractivity contribution in [3.8, 4) is 11.5 Å². The number of ether oxygens (including phenoxy) is 2. The molecule has 1 aromatic carbocycles. The number of likely N-dealkylation sites (N-methyl/N-ethyl adjacent to an activating group) is 1. The third-order valence-electron chi connectivity index (χ3n) is 3.31. The Kier molecular flexibility index (Phi) is 7.69. The Morgan fingerprint density at radius 3 is 2.70 bits per heavy atom. The highest BCUT2D eigenvalue weighted by molar-refractivity contribution is 6.35. The molecular weight excluding hydrogens is 391 g/mol. The second-order valence-corrected chi connectivity index (χ2v) is 6.41. The van der Waals surface area contributed by atoms with E-state index in [0.717, 1.165) is 5.56 Å². The molecule has 0 aliphatic heterocycles. The molecule has 2 rings (SSSR count). The van der Waals surface area contributed by atoms with Gasteiger partial charge in [-0.3, -0.25) is 10.2 Å². The van der Waals surface area contributed by atoms with Crippen molar-refractivity contribution >= 4 is 41.1 Å². The van der Waals surface area contributed by atoms with Crippen molar-refractivity contribution in [2.45, 2.75) is 6.92 Å². The van der Waals surface area contributed by atoms with Gasteiger partial charge in [0.2, 0.25) is 0 Å². The van der Waals surface area contributed by atoms with Crippen molar-refractivity contribution in [1.29, 1.82) is 0 Å². The Morgan fingerprint density at radius 2 is 2.04 bits per heavy atom. The molecule has 0 fully saturated rings. The first-order valence-electron chi connectivity index (χ1n) is 8.10. The van der Waals surface area contributed by atoms with Gasteiger partial charge < -0.3 is 14.4 Å². The lowest BCUT2D eigenvalue weighted by Gasteiger charge is -2.14. The highest BCUT2D eigenvalue weighted by Crippen LogP contribution is 2.28. The summed E-state index contributed by atoms with van der Waals surface area (Å²) in [6, 6.07) is 6.85. The molecule has 0 radical (unpaired) electrons. The summed E-state index contributed by atoms with van der Waals surface area (Å²) in [5.74, 6) is 1.26. The highest BCUT2D eigenvalue weighted by atomic mass is 35.5. The molecule has 0 saturated heterocycles. The molecule has 1 amide bonds. The minimum Gasteiger partial charge on any atom is -0.490 e. The van der Waals surface area contributed by atoms with Crippen LogP contribution in [0.5, 0.6) is 11.5 Å². The molecule has 0 bridgehead atoms. The van der Waals surface area contributed by atoms with Crippen LogP contribution < -0.4 is 14.9 Å². The molecule has 9 heteroatoms. The van der Waals surface area contributed by atoms with Gasteiger partial charge in [0.1, 0.15) is 0 Å². The second kappa shape index (κ2) is 9.99. The summed E-state index contributed by atoms with van der Waals surface area (Å²) in [6.07, 6.45) is 3.06. The van der Waals surface area contributed by atoms with E-state index in [1.54, 1.807) is 44.6 Å². The van der Waals surface area contributed by atoms with Crippen LogP contribution in [-0.4, -0.2) is 49.3 Å². The molecule has 1 heterocycles. The van der Waals surface area contributed by atoms with E-state index in [1.165, 1.54) is 11.1 Å². The molecule has 1 aromatic heterocycles. The van der Waals surface area contributed by atoms with Gasteiger partial charge in [0.15, 0.2) is 23.9 Å². The summed E-state index contributed by atoms with van der Waals surface area (Å²) < 4.78 is 11.1. The van der Waals surface area contributed by atoms with Gasteiger partial charge in [-0.15, -0.1) is 0 Å². The fourth-order valence-corrected chi connectivity index (χ4v) is 2.35. The number of rotatable bonds is 8. The standard InChI is InChI=1S/C18H20Cl2N4O3/c1-4-26-16-7-12(5-6-15(16)27-11-17(25)24(2)3)9-22-23-18-14(20)8-13(19)10-21-18/h5-10H,4,11H2,1-3H3,(H,21,23). The van der Waals surface area contributed by atoms with Crippen LogP contribution in [0.25, 0.3) is 0 Å². The Balaban J connectivity index is 2.08. The lowest BCUT2D eigenvalue weighted by Crippen LogP contribution is -2.27. The summed E-state index contributed by atoms with van der Waals surface area (Å²) in [7, 11) is 3.34. The number of nitrogens with one attached hydrogen (secondary N) is 1. The van der Waals surface area contributed by atoms with Crippen molar-refractivity contribution in [3.05, 3.63) is 46.1 Å². The SMILES string of the molecule is CCOc1cc(C=NNc2ncc(Cl)cc2Cl)ccc1OCC(=O)N(C)C. The number of anilines is 1. The van der Waals surface area contributed by atoms with Gasteiger partial charge >= 0.3 is 0 Å². The Hall–Kier alpha value is -2.51. The van der Waals surface area contributed by atoms with Gasteiger partial charge in [-0.1, -0.05) is 23.2 Å². The first-order valence-corrected chi connectivity index (χ1v) is 8.86. The third kappa shape index (κ3) is 6.30. The van der Waals surface area contributed by atoms with E-state index < -0.39 is 0 Å². The monoisotopic (exact) mass is 410 g/mol. The average Bonchev–Trinajstić information content (AvgIpc) is 2.62. The van der Waals surface area contributed by atoms with E-state index in [4.69, 9.17) is 32.7 Å². The quantitative estimate of drug-likeness (QED) is 0.530. The number of carbonyl (C=O) groups is 1. The summed E-state index contributed by atoms with van der Waals surface area (Å²) >= 11 is 11.8. The summed E-state index contributed by atoms with van der Waals surface area (Å²) in [5.41, 5.74) is 3.52. The number of benzene rings is 1. The lowest BCUT2D eigenvalue weighted by atomic mass is 10.2. The molecular formula is C18H20Cl2N4O3. The maximum Gasteiger partial charge on any atom is 0.259 e. The van der Waals surface area contributed by atoms with Crippen LogP contribution in [0.1, 0.15) is 12.5 Å². The maximum absolute atomic E-state index is 11.7. The molecule has 7 nitrogen and oxygen atoms in total. The van der Waals surface area contributed by atoms with E-state index >= 15 is 0 Å². The zero-order chi connectivity index (χ0) is 19.8. The minimum atomic E-state index is -0.139. The number of pyridine rings is 1. The van der Waals surface area contributed by atoms with E-state index in [1.807, 2.05) is 6.92 Å². The number of halogens is 2. The lowest BCUT2D eigenvalue weighted by molar-refractivity contribution is -0.130. The Morgan fingerprint density at radius 1 is 1.26 bits per heavy atom. The van der Waals surface area contributed by atoms with Gasteiger partial charge in [-0.2, -0.15) is 5.10 Å². The molecule has 27 heavy (non-hydrogen) atoms. The van der Waals surface area contributed by atoms with Crippen molar-refractivity contribution in [1.82, 2.24) is 9.88 Å². The molecule has 1 N–H and O–H groups in total. The topological polar surface area (TPSA) is 76.0 Å². The second-order valence-electron chi connectivity index (χ2n) is 5.57. The number of hydrazone groups is 1. The van der Waals surface area contributed by atoms with Gasteiger partial charge in [-0.25, -0.2) is 4.98 Å². The summed E-state index contributed by atoms with van der Waals surface area (Å²) in [5, 5.41) is 4.92. The Labute approximate surface area is 167 Å². The van der Waals surface area contributed by atoms with Gasteiger partial charge in [-0.05, 0) is 36.8 Å². The number of carbonyl (C=O) groups excluding carboxylic acids is 1. The van der Waals surface area contributed by atoms with E-state index in [-0.39, 0.29) is 12.5 Å². The normalized spacial score (nSPS) is 10.7.